The van der Waals surface area contributed by atoms with E-state index in [1.54, 1.807) is 16.4 Å². The zero-order valence-corrected chi connectivity index (χ0v) is 15.7. The molecule has 25 heavy (non-hydrogen) atoms. The number of carbonyl (C=O) groups is 1. The van der Waals surface area contributed by atoms with Crippen LogP contribution in [0.25, 0.3) is 0 Å². The Bertz CT molecular complexity index is 737. The molecule has 1 aromatic rings. The van der Waals surface area contributed by atoms with Gasteiger partial charge in [-0.3, -0.25) is 0 Å². The zero-order chi connectivity index (χ0) is 17.9. The van der Waals surface area contributed by atoms with Crippen molar-refractivity contribution in [3.05, 3.63) is 41.5 Å². The van der Waals surface area contributed by atoms with Gasteiger partial charge in [-0.15, -0.1) is 0 Å². The van der Waals surface area contributed by atoms with Crippen LogP contribution in [0.2, 0.25) is 0 Å². The number of piperidine rings is 1. The largest absolute Gasteiger partial charge is 0.303 e. The first-order valence-electron chi connectivity index (χ1n) is 9.23. The summed E-state index contributed by atoms with van der Waals surface area (Å²) in [5.74, 6) is -0.0293. The highest BCUT2D eigenvalue weighted by molar-refractivity contribution is 7.89. The number of nitrogens with zero attached hydrogens (tertiary/aromatic N) is 1. The van der Waals surface area contributed by atoms with Gasteiger partial charge in [0.1, 0.15) is 6.29 Å². The molecule has 2 atom stereocenters. The first-order valence-corrected chi connectivity index (χ1v) is 10.7. The number of hydrogen-bond acceptors (Lipinski definition) is 3. The molecular weight excluding hydrogens is 334 g/mol. The summed E-state index contributed by atoms with van der Waals surface area (Å²) in [6.07, 6.45) is 9.48. The van der Waals surface area contributed by atoms with Crippen molar-refractivity contribution in [1.82, 2.24) is 4.31 Å². The molecule has 2 aliphatic rings. The minimum atomic E-state index is -3.50. The highest BCUT2D eigenvalue weighted by Gasteiger charge is 2.37. The average Bonchev–Trinajstić information content (AvgIpc) is 2.91. The average molecular weight is 362 g/mol. The van der Waals surface area contributed by atoms with Crippen molar-refractivity contribution in [3.63, 3.8) is 0 Å². The van der Waals surface area contributed by atoms with Crippen molar-refractivity contribution in [2.75, 3.05) is 13.1 Å². The number of benzene rings is 1. The van der Waals surface area contributed by atoms with E-state index in [1.165, 1.54) is 18.4 Å². The summed E-state index contributed by atoms with van der Waals surface area (Å²) in [6, 6.07) is 7.01. The van der Waals surface area contributed by atoms with E-state index in [-0.39, 0.29) is 11.8 Å². The van der Waals surface area contributed by atoms with Crippen LogP contribution in [0.5, 0.6) is 0 Å². The molecule has 5 heteroatoms. The van der Waals surface area contributed by atoms with E-state index < -0.39 is 10.0 Å². The van der Waals surface area contributed by atoms with Crippen molar-refractivity contribution in [1.29, 1.82) is 0 Å². The Kier molecular flexibility index (Phi) is 5.74. The van der Waals surface area contributed by atoms with Gasteiger partial charge in [0.15, 0.2) is 0 Å². The molecule has 0 bridgehead atoms. The fourth-order valence-electron chi connectivity index (χ4n) is 3.95. The van der Waals surface area contributed by atoms with Crippen LogP contribution in [0.3, 0.4) is 0 Å². The molecule has 1 saturated heterocycles. The summed E-state index contributed by atoms with van der Waals surface area (Å²) in [4.78, 5) is 11.9. The molecule has 0 N–H and O–H groups in total. The number of sulfonamides is 1. The summed E-state index contributed by atoms with van der Waals surface area (Å²) < 4.78 is 27.6. The third-order valence-corrected chi connectivity index (χ3v) is 7.39. The van der Waals surface area contributed by atoms with Crippen molar-refractivity contribution in [2.24, 2.45) is 11.8 Å². The number of aryl methyl sites for hydroxylation is 1. The second kappa shape index (κ2) is 7.83. The summed E-state index contributed by atoms with van der Waals surface area (Å²) in [5, 5.41) is 0. The van der Waals surface area contributed by atoms with Crippen molar-refractivity contribution < 1.29 is 13.2 Å². The SMILES string of the molecule is Cc1ccc(S(=O)(=O)N2CC[C@@H](C=O)[C@H](C3=CCCCCC3)C2)cc1. The van der Waals surface area contributed by atoms with Gasteiger partial charge in [0.2, 0.25) is 10.0 Å². The van der Waals surface area contributed by atoms with Gasteiger partial charge in [-0.25, -0.2) is 8.42 Å². The Hall–Kier alpha value is -1.46. The van der Waals surface area contributed by atoms with E-state index in [0.29, 0.717) is 24.4 Å². The quantitative estimate of drug-likeness (QED) is 0.607. The second-order valence-electron chi connectivity index (χ2n) is 7.25. The monoisotopic (exact) mass is 361 g/mol. The lowest BCUT2D eigenvalue weighted by atomic mass is 9.80. The number of hydrogen-bond donors (Lipinski definition) is 0. The first kappa shape index (κ1) is 18.3. The topological polar surface area (TPSA) is 54.5 Å². The lowest BCUT2D eigenvalue weighted by molar-refractivity contribution is -0.113. The Morgan fingerprint density at radius 3 is 2.60 bits per heavy atom. The Balaban J connectivity index is 1.84. The fourth-order valence-corrected chi connectivity index (χ4v) is 5.43. The molecule has 0 spiro atoms. The van der Waals surface area contributed by atoms with Gasteiger partial charge >= 0.3 is 0 Å². The smallest absolute Gasteiger partial charge is 0.243 e. The molecule has 0 unspecified atom stereocenters. The standard InChI is InChI=1S/C20H27NO3S/c1-16-8-10-19(11-9-16)25(23,24)21-13-12-18(15-22)20(14-21)17-6-4-2-3-5-7-17/h6,8-11,15,18,20H,2-5,7,12-14H2,1H3/t18-,20-/m0/s1. The molecule has 1 aliphatic heterocycles. The third kappa shape index (κ3) is 4.04. The van der Waals surface area contributed by atoms with Gasteiger partial charge in [-0.2, -0.15) is 4.31 Å². The molecule has 0 saturated carbocycles. The van der Waals surface area contributed by atoms with E-state index in [9.17, 15) is 13.2 Å². The van der Waals surface area contributed by atoms with Crippen LogP contribution in [0, 0.1) is 18.8 Å². The molecule has 1 aliphatic carbocycles. The van der Waals surface area contributed by atoms with E-state index in [0.717, 1.165) is 31.1 Å². The van der Waals surface area contributed by atoms with E-state index >= 15 is 0 Å². The first-order chi connectivity index (χ1) is 12.0. The maximum atomic E-state index is 13.0. The predicted molar refractivity (Wildman–Crippen MR) is 98.8 cm³/mol. The van der Waals surface area contributed by atoms with Crippen LogP contribution in [0.1, 0.15) is 44.1 Å². The molecule has 136 valence electrons. The van der Waals surface area contributed by atoms with Crippen molar-refractivity contribution in [3.8, 4) is 0 Å². The number of allylic oxidation sites excluding steroid dienone is 1. The van der Waals surface area contributed by atoms with Crippen LogP contribution in [-0.2, 0) is 14.8 Å². The van der Waals surface area contributed by atoms with Gasteiger partial charge < -0.3 is 4.79 Å². The predicted octanol–water partition coefficient (Wildman–Crippen LogP) is 3.71. The van der Waals surface area contributed by atoms with E-state index in [1.807, 2.05) is 19.1 Å². The van der Waals surface area contributed by atoms with E-state index in [2.05, 4.69) is 6.08 Å². The summed E-state index contributed by atoms with van der Waals surface area (Å²) in [6.45, 7) is 2.79. The van der Waals surface area contributed by atoms with Gasteiger partial charge in [-0.1, -0.05) is 35.8 Å². The third-order valence-electron chi connectivity index (χ3n) is 5.51. The van der Waals surface area contributed by atoms with Crippen LogP contribution in [0.4, 0.5) is 0 Å². The molecule has 1 heterocycles. The summed E-state index contributed by atoms with van der Waals surface area (Å²) in [5.41, 5.74) is 2.33. The molecule has 3 rings (SSSR count). The van der Waals surface area contributed by atoms with E-state index in [4.69, 9.17) is 0 Å². The second-order valence-corrected chi connectivity index (χ2v) is 9.19. The Morgan fingerprint density at radius 2 is 1.88 bits per heavy atom. The maximum Gasteiger partial charge on any atom is 0.243 e. The Morgan fingerprint density at radius 1 is 1.12 bits per heavy atom. The van der Waals surface area contributed by atoms with Crippen molar-refractivity contribution >= 4 is 16.3 Å². The molecule has 0 amide bonds. The minimum Gasteiger partial charge on any atom is -0.303 e. The van der Waals surface area contributed by atoms with Gasteiger partial charge in [-0.05, 0) is 51.2 Å². The summed E-state index contributed by atoms with van der Waals surface area (Å²) >= 11 is 0. The fraction of sp³-hybridized carbons (Fsp3) is 0.550. The number of carbonyl (C=O) groups excluding carboxylic acids is 1. The number of rotatable bonds is 4. The molecule has 4 nitrogen and oxygen atoms in total. The Labute approximate surface area is 151 Å². The van der Waals surface area contributed by atoms with Gasteiger partial charge in [0.05, 0.1) is 4.90 Å². The highest BCUT2D eigenvalue weighted by Crippen LogP contribution is 2.35. The zero-order valence-electron chi connectivity index (χ0n) is 14.9. The summed E-state index contributed by atoms with van der Waals surface area (Å²) in [7, 11) is -3.50. The lowest BCUT2D eigenvalue weighted by Crippen LogP contribution is -2.44. The molecule has 0 radical (unpaired) electrons. The lowest BCUT2D eigenvalue weighted by Gasteiger charge is -2.37. The van der Waals surface area contributed by atoms with Crippen LogP contribution in [0.15, 0.2) is 40.8 Å². The molecular formula is C20H27NO3S. The van der Waals surface area contributed by atoms with Crippen LogP contribution in [-0.4, -0.2) is 32.1 Å². The molecule has 0 aromatic heterocycles. The molecule has 1 fully saturated rings. The van der Waals surface area contributed by atoms with Gasteiger partial charge in [0, 0.05) is 24.9 Å². The normalized spacial score (nSPS) is 25.9. The maximum absolute atomic E-state index is 13.0. The van der Waals surface area contributed by atoms with Crippen molar-refractivity contribution in [2.45, 2.75) is 50.3 Å². The van der Waals surface area contributed by atoms with Gasteiger partial charge in [0.25, 0.3) is 0 Å². The van der Waals surface area contributed by atoms with Crippen LogP contribution < -0.4 is 0 Å². The molecule has 1 aromatic carbocycles. The van der Waals surface area contributed by atoms with Crippen LogP contribution >= 0.6 is 0 Å². The number of aldehydes is 1. The highest BCUT2D eigenvalue weighted by atomic mass is 32.2. The minimum absolute atomic E-state index is 0.0320.